The van der Waals surface area contributed by atoms with Crippen molar-refractivity contribution in [3.63, 3.8) is 0 Å². The van der Waals surface area contributed by atoms with Crippen molar-refractivity contribution in [3.8, 4) is 0 Å². The molecule has 122 valence electrons. The quantitative estimate of drug-likeness (QED) is 0.618. The molecule has 1 aromatic rings. The van der Waals surface area contributed by atoms with E-state index in [1.54, 1.807) is 7.11 Å². The summed E-state index contributed by atoms with van der Waals surface area (Å²) in [4.78, 5) is 4.98. The molecule has 1 aliphatic rings. The van der Waals surface area contributed by atoms with Crippen molar-refractivity contribution in [1.82, 2.24) is 0 Å². The number of benzene rings is 1. The molecule has 2 heteroatoms. The minimum Gasteiger partial charge on any atom is -0.384 e. The summed E-state index contributed by atoms with van der Waals surface area (Å²) in [5.41, 5.74) is 3.93. The smallest absolute Gasteiger partial charge is 0.0694 e. The average molecular weight is 301 g/mol. The Labute approximate surface area is 136 Å². The number of aliphatic imine (C=N–C) groups is 1. The van der Waals surface area contributed by atoms with E-state index in [4.69, 9.17) is 9.73 Å². The van der Waals surface area contributed by atoms with Crippen molar-refractivity contribution in [2.24, 2.45) is 16.8 Å². The lowest BCUT2D eigenvalue weighted by Gasteiger charge is -2.18. The molecular weight excluding hydrogens is 270 g/mol. The minimum absolute atomic E-state index is 0.504. The number of methoxy groups -OCH3 is 1. The van der Waals surface area contributed by atoms with Gasteiger partial charge in [-0.05, 0) is 47.6 Å². The molecule has 0 aliphatic heterocycles. The normalized spacial score (nSPS) is 22.3. The second-order valence-corrected chi connectivity index (χ2v) is 7.18. The summed E-state index contributed by atoms with van der Waals surface area (Å²) < 4.78 is 5.37. The van der Waals surface area contributed by atoms with Crippen LogP contribution in [0.25, 0.3) is 0 Å². The van der Waals surface area contributed by atoms with Crippen LogP contribution in [0.5, 0.6) is 0 Å². The first kappa shape index (κ1) is 17.2. The molecule has 0 heterocycles. The van der Waals surface area contributed by atoms with Crippen LogP contribution in [-0.2, 0) is 4.74 Å². The van der Waals surface area contributed by atoms with E-state index in [0.717, 1.165) is 6.61 Å². The SMILES string of the molecule is COCC1CCCC1C=Nc1c(C(C)C)cccc1C(C)C. The molecule has 22 heavy (non-hydrogen) atoms. The summed E-state index contributed by atoms with van der Waals surface area (Å²) in [7, 11) is 1.80. The monoisotopic (exact) mass is 301 g/mol. The van der Waals surface area contributed by atoms with E-state index in [0.29, 0.717) is 23.7 Å². The Morgan fingerprint density at radius 3 is 2.32 bits per heavy atom. The van der Waals surface area contributed by atoms with Gasteiger partial charge in [0.25, 0.3) is 0 Å². The van der Waals surface area contributed by atoms with Crippen LogP contribution in [0.2, 0.25) is 0 Å². The molecule has 2 nitrogen and oxygen atoms in total. The highest BCUT2D eigenvalue weighted by Crippen LogP contribution is 2.36. The number of ether oxygens (including phenoxy) is 1. The molecule has 1 aliphatic carbocycles. The van der Waals surface area contributed by atoms with E-state index in [2.05, 4.69) is 52.1 Å². The van der Waals surface area contributed by atoms with E-state index in [1.807, 2.05) is 0 Å². The van der Waals surface area contributed by atoms with Gasteiger partial charge in [0.1, 0.15) is 0 Å². The molecule has 2 unspecified atom stereocenters. The summed E-state index contributed by atoms with van der Waals surface area (Å²) in [5, 5.41) is 0. The number of hydrogen-bond donors (Lipinski definition) is 0. The third kappa shape index (κ3) is 3.98. The Morgan fingerprint density at radius 1 is 1.14 bits per heavy atom. The lowest BCUT2D eigenvalue weighted by molar-refractivity contribution is 0.146. The Hall–Kier alpha value is -1.15. The number of rotatable bonds is 6. The average Bonchev–Trinajstić information content (AvgIpc) is 2.92. The predicted molar refractivity (Wildman–Crippen MR) is 95.5 cm³/mol. The third-order valence-corrected chi connectivity index (χ3v) is 4.84. The second-order valence-electron chi connectivity index (χ2n) is 7.18. The summed E-state index contributed by atoms with van der Waals surface area (Å²) in [6.07, 6.45) is 6.03. The maximum Gasteiger partial charge on any atom is 0.0694 e. The lowest BCUT2D eigenvalue weighted by atomic mass is 9.92. The van der Waals surface area contributed by atoms with Crippen molar-refractivity contribution >= 4 is 11.9 Å². The van der Waals surface area contributed by atoms with Crippen molar-refractivity contribution in [2.45, 2.75) is 58.8 Å². The highest BCUT2D eigenvalue weighted by molar-refractivity contribution is 5.70. The van der Waals surface area contributed by atoms with E-state index in [9.17, 15) is 0 Å². The molecule has 0 aromatic heterocycles. The highest BCUT2D eigenvalue weighted by Gasteiger charge is 2.26. The molecule has 0 saturated heterocycles. The molecule has 0 amide bonds. The first-order chi connectivity index (χ1) is 10.5. The predicted octanol–water partition coefficient (Wildman–Crippen LogP) is 5.70. The van der Waals surface area contributed by atoms with Gasteiger partial charge in [0.15, 0.2) is 0 Å². The zero-order valence-corrected chi connectivity index (χ0v) is 14.8. The van der Waals surface area contributed by atoms with Crippen molar-refractivity contribution < 1.29 is 4.74 Å². The van der Waals surface area contributed by atoms with Crippen molar-refractivity contribution in [1.29, 1.82) is 0 Å². The second kappa shape index (κ2) is 7.92. The fourth-order valence-corrected chi connectivity index (χ4v) is 3.51. The zero-order valence-electron chi connectivity index (χ0n) is 14.8. The van der Waals surface area contributed by atoms with Gasteiger partial charge in [0.05, 0.1) is 5.69 Å². The fourth-order valence-electron chi connectivity index (χ4n) is 3.51. The lowest BCUT2D eigenvalue weighted by Crippen LogP contribution is -2.14. The van der Waals surface area contributed by atoms with Gasteiger partial charge in [-0.25, -0.2) is 0 Å². The van der Waals surface area contributed by atoms with Gasteiger partial charge < -0.3 is 4.74 Å². The summed E-state index contributed by atoms with van der Waals surface area (Å²) in [6, 6.07) is 6.63. The standard InChI is InChI=1S/C20H31NO/c1-14(2)18-10-7-11-19(15(3)4)20(18)21-12-16-8-6-9-17(16)13-22-5/h7,10-12,14-17H,6,8-9,13H2,1-5H3. The van der Waals surface area contributed by atoms with Gasteiger partial charge in [-0.3, -0.25) is 4.99 Å². The molecule has 1 saturated carbocycles. The Bertz CT molecular complexity index is 478. The number of para-hydroxylation sites is 1. The Kier molecular flexibility index (Phi) is 6.19. The topological polar surface area (TPSA) is 21.6 Å². The van der Waals surface area contributed by atoms with E-state index in [-0.39, 0.29) is 0 Å². The van der Waals surface area contributed by atoms with Crippen molar-refractivity contribution in [3.05, 3.63) is 29.3 Å². The van der Waals surface area contributed by atoms with Crippen LogP contribution >= 0.6 is 0 Å². The maximum absolute atomic E-state index is 5.37. The number of nitrogens with zero attached hydrogens (tertiary/aromatic N) is 1. The van der Waals surface area contributed by atoms with Crippen LogP contribution in [0.1, 0.15) is 69.9 Å². The summed E-state index contributed by atoms with van der Waals surface area (Å²) in [5.74, 6) is 2.22. The van der Waals surface area contributed by atoms with Gasteiger partial charge in [0.2, 0.25) is 0 Å². The van der Waals surface area contributed by atoms with Crippen molar-refractivity contribution in [2.75, 3.05) is 13.7 Å². The van der Waals surface area contributed by atoms with Crippen LogP contribution in [0.3, 0.4) is 0 Å². The van der Waals surface area contributed by atoms with E-state index >= 15 is 0 Å². The van der Waals surface area contributed by atoms with Crippen LogP contribution in [0, 0.1) is 11.8 Å². The maximum atomic E-state index is 5.37. The molecule has 1 fully saturated rings. The number of hydrogen-bond acceptors (Lipinski definition) is 2. The summed E-state index contributed by atoms with van der Waals surface area (Å²) >= 11 is 0. The first-order valence-electron chi connectivity index (χ1n) is 8.70. The van der Waals surface area contributed by atoms with Crippen LogP contribution in [0.15, 0.2) is 23.2 Å². The van der Waals surface area contributed by atoms with Gasteiger partial charge in [0, 0.05) is 19.9 Å². The van der Waals surface area contributed by atoms with Gasteiger partial charge in [-0.1, -0.05) is 52.3 Å². The van der Waals surface area contributed by atoms with Gasteiger partial charge in [-0.2, -0.15) is 0 Å². The van der Waals surface area contributed by atoms with Crippen LogP contribution < -0.4 is 0 Å². The summed E-state index contributed by atoms with van der Waals surface area (Å²) in [6.45, 7) is 9.87. The first-order valence-corrected chi connectivity index (χ1v) is 8.70. The molecule has 0 N–H and O–H groups in total. The van der Waals surface area contributed by atoms with Crippen LogP contribution in [0.4, 0.5) is 5.69 Å². The Balaban J connectivity index is 2.29. The van der Waals surface area contributed by atoms with Gasteiger partial charge in [-0.15, -0.1) is 0 Å². The molecule has 2 atom stereocenters. The third-order valence-electron chi connectivity index (χ3n) is 4.84. The zero-order chi connectivity index (χ0) is 16.1. The minimum atomic E-state index is 0.504. The fraction of sp³-hybridized carbons (Fsp3) is 0.650. The molecular formula is C20H31NO. The van der Waals surface area contributed by atoms with Gasteiger partial charge >= 0.3 is 0 Å². The van der Waals surface area contributed by atoms with E-state index < -0.39 is 0 Å². The molecule has 0 bridgehead atoms. The Morgan fingerprint density at radius 2 is 1.77 bits per heavy atom. The largest absolute Gasteiger partial charge is 0.384 e. The molecule has 0 spiro atoms. The highest BCUT2D eigenvalue weighted by atomic mass is 16.5. The molecule has 2 rings (SSSR count). The molecule has 1 aromatic carbocycles. The van der Waals surface area contributed by atoms with Crippen LogP contribution in [-0.4, -0.2) is 19.9 Å². The van der Waals surface area contributed by atoms with E-state index in [1.165, 1.54) is 36.1 Å². The molecule has 0 radical (unpaired) electrons.